The lowest BCUT2D eigenvalue weighted by Gasteiger charge is -2.58. The molecular weight excluding hydrogens is 579 g/mol. The van der Waals surface area contributed by atoms with Crippen LogP contribution < -0.4 is 0 Å². The van der Waals surface area contributed by atoms with Crippen LogP contribution in [0.5, 0.6) is 0 Å². The first-order valence-corrected chi connectivity index (χ1v) is 20.6. The number of hydrogen-bond donors (Lipinski definition) is 0. The average molecular weight is 664 g/mol. The minimum Gasteiger partial charge on any atom is -0.462 e. The molecule has 3 saturated carbocycles. The van der Waals surface area contributed by atoms with Crippen molar-refractivity contribution in [3.63, 3.8) is 0 Å². The summed E-state index contributed by atoms with van der Waals surface area (Å²) in [6, 6.07) is 0. The molecule has 0 N–H and O–H groups in total. The second kappa shape index (κ2) is 19.4. The van der Waals surface area contributed by atoms with E-state index in [2.05, 4.69) is 45.9 Å². The van der Waals surface area contributed by atoms with Gasteiger partial charge in [-0.15, -0.1) is 0 Å². The number of rotatable bonds is 21. The van der Waals surface area contributed by atoms with Crippen molar-refractivity contribution in [2.75, 3.05) is 0 Å². The predicted molar refractivity (Wildman–Crippen MR) is 202 cm³/mol. The molecule has 8 atom stereocenters. The molecule has 2 nitrogen and oxygen atoms in total. The monoisotopic (exact) mass is 664 g/mol. The predicted octanol–water partition coefficient (Wildman–Crippen LogP) is 14.0. The second-order valence-electron chi connectivity index (χ2n) is 17.1. The van der Waals surface area contributed by atoms with Crippen molar-refractivity contribution < 1.29 is 17.8 Å². The molecule has 0 saturated heterocycles. The highest BCUT2D eigenvalue weighted by molar-refractivity contribution is 5.69. The Kier molecular flexibility index (Phi) is 12.7. The number of ether oxygens (including phenoxy) is 1. The van der Waals surface area contributed by atoms with Crippen molar-refractivity contribution in [1.82, 2.24) is 0 Å². The van der Waals surface area contributed by atoms with Crippen LogP contribution in [-0.2, 0) is 9.53 Å². The highest BCUT2D eigenvalue weighted by Gasteiger charge is 2.59. The third kappa shape index (κ3) is 10.7. The van der Waals surface area contributed by atoms with Crippen LogP contribution in [0.4, 0.5) is 0 Å². The first kappa shape index (κ1) is 30.7. The van der Waals surface area contributed by atoms with E-state index in [-0.39, 0.29) is 23.9 Å². The van der Waals surface area contributed by atoms with Crippen molar-refractivity contribution in [2.45, 2.75) is 208 Å². The van der Waals surface area contributed by atoms with Gasteiger partial charge in [-0.25, -0.2) is 0 Å². The Balaban J connectivity index is 1.15. The molecule has 0 spiro atoms. The SMILES string of the molecule is [2H]C([2H])([2H])C(CCC[C@@H](C)[C@H]1CC[C@H]2[C@@H]3CC=C4C[C@@H](O[13C](=O)[13CH2][13CH2]CCC[13CH2][13CH2]/[13CH]=[13CH]\CCCCCCCC)CC[C@]4(C)[C@H]3CC[C@]12C)C([2H])([2H])[2H]. The minimum absolute atomic E-state index is 0.00241. The Morgan fingerprint density at radius 2 is 1.57 bits per heavy atom. The van der Waals surface area contributed by atoms with Gasteiger partial charge in [0.2, 0.25) is 0 Å². The van der Waals surface area contributed by atoms with Crippen LogP contribution in [-0.4, -0.2) is 12.1 Å². The van der Waals surface area contributed by atoms with Crippen LogP contribution >= 0.6 is 0 Å². The van der Waals surface area contributed by atoms with E-state index in [4.69, 9.17) is 13.0 Å². The number of esters is 1. The van der Waals surface area contributed by atoms with Gasteiger partial charge in [0.25, 0.3) is 0 Å². The Morgan fingerprint density at radius 3 is 2.30 bits per heavy atom. The van der Waals surface area contributed by atoms with Gasteiger partial charge in [-0.1, -0.05) is 136 Å². The van der Waals surface area contributed by atoms with Crippen LogP contribution in [0, 0.1) is 46.3 Å². The molecule has 0 radical (unpaired) electrons. The van der Waals surface area contributed by atoms with Crippen LogP contribution in [0.2, 0.25) is 0 Å². The Morgan fingerprint density at radius 1 is 0.872 bits per heavy atom. The number of allylic oxidation sites excluding steroid dienone is 3. The summed E-state index contributed by atoms with van der Waals surface area (Å²) < 4.78 is 52.8. The van der Waals surface area contributed by atoms with Crippen molar-refractivity contribution in [1.29, 1.82) is 0 Å². The number of unbranched alkanes of at least 4 members (excludes halogenated alkanes) is 11. The van der Waals surface area contributed by atoms with Gasteiger partial charge in [-0.2, -0.15) is 0 Å². The zero-order valence-corrected chi connectivity index (χ0v) is 31.3. The molecule has 0 bridgehead atoms. The Labute approximate surface area is 301 Å². The molecule has 47 heavy (non-hydrogen) atoms. The van der Waals surface area contributed by atoms with Crippen molar-refractivity contribution in [3.05, 3.63) is 23.8 Å². The lowest BCUT2D eigenvalue weighted by atomic mass is 9.47. The molecule has 0 aromatic heterocycles. The average Bonchev–Trinajstić information content (AvgIpc) is 3.44. The summed E-state index contributed by atoms with van der Waals surface area (Å²) in [6.45, 7) is 4.79. The maximum absolute atomic E-state index is 12.8. The molecule has 0 amide bonds. The van der Waals surface area contributed by atoms with Gasteiger partial charge < -0.3 is 4.74 Å². The maximum Gasteiger partial charge on any atom is 0.306 e. The fraction of sp³-hybridized carbons (Fsp3) is 0.889. The zero-order chi connectivity index (χ0) is 38.7. The van der Waals surface area contributed by atoms with E-state index >= 15 is 0 Å². The van der Waals surface area contributed by atoms with Crippen molar-refractivity contribution in [2.24, 2.45) is 46.3 Å². The largest absolute Gasteiger partial charge is 0.462 e. The fourth-order valence-electron chi connectivity index (χ4n) is 11.1. The molecule has 4 aliphatic carbocycles. The number of carbonyl (C=O) groups excluding carboxylic acids is 1. The highest BCUT2D eigenvalue weighted by Crippen LogP contribution is 2.67. The first-order valence-electron chi connectivity index (χ1n) is 23.6. The smallest absolute Gasteiger partial charge is 0.306 e. The summed E-state index contributed by atoms with van der Waals surface area (Å²) in [5.74, 6) is 1.96. The quantitative estimate of drug-likeness (QED) is 0.0529. The topological polar surface area (TPSA) is 26.3 Å². The molecule has 0 heterocycles. The summed E-state index contributed by atoms with van der Waals surface area (Å²) in [4.78, 5) is 12.8. The molecule has 0 aliphatic heterocycles. The van der Waals surface area contributed by atoms with Gasteiger partial charge >= 0.3 is 5.97 Å². The third-order valence-corrected chi connectivity index (χ3v) is 13.9. The molecule has 270 valence electrons. The van der Waals surface area contributed by atoms with E-state index in [1.54, 1.807) is 5.57 Å². The molecule has 2 heteroatoms. The van der Waals surface area contributed by atoms with Gasteiger partial charge in [0.1, 0.15) is 6.10 Å². The van der Waals surface area contributed by atoms with Crippen LogP contribution in [0.15, 0.2) is 23.8 Å². The summed E-state index contributed by atoms with van der Waals surface area (Å²) in [7, 11) is 0. The van der Waals surface area contributed by atoms with Crippen LogP contribution in [0.25, 0.3) is 0 Å². The van der Waals surface area contributed by atoms with Crippen molar-refractivity contribution >= 4 is 5.97 Å². The lowest BCUT2D eigenvalue weighted by Crippen LogP contribution is -2.51. The second-order valence-corrected chi connectivity index (χ2v) is 17.1. The lowest BCUT2D eigenvalue weighted by molar-refractivity contribution is -0.151. The van der Waals surface area contributed by atoms with Gasteiger partial charge in [0.05, 0.1) is 0 Å². The third-order valence-electron chi connectivity index (χ3n) is 13.9. The standard InChI is InChI=1S/C45H78O2/c1-7-8-9-10-11-12-13-14-15-16-17-18-19-20-21-25-43(46)47-38-30-32-44(5)37(34-38)26-27-39-41-29-28-40(36(4)24-22-23-35(2)3)45(41,6)33-31-42(39)44/h14-15,26,35-36,38-42H,7-13,16-25,27-34H2,1-6H3/b15-14-/t36-,38+,39+,40-,41+,42+,44+,45-/m1/s1/i2D3,3D3,14+1,15+1,16+1,17+1,21+1,25+1,43+1. The Bertz CT molecular complexity index is 1160. The maximum atomic E-state index is 12.8. The van der Waals surface area contributed by atoms with Crippen LogP contribution in [0.3, 0.4) is 0 Å². The van der Waals surface area contributed by atoms with Crippen LogP contribution in [0.1, 0.15) is 210 Å². The minimum atomic E-state index is -2.44. The van der Waals surface area contributed by atoms with Gasteiger partial charge in [-0.05, 0) is 123 Å². The van der Waals surface area contributed by atoms with Crippen molar-refractivity contribution in [3.8, 4) is 0 Å². The van der Waals surface area contributed by atoms with E-state index in [1.807, 2.05) is 0 Å². The van der Waals surface area contributed by atoms with E-state index in [0.717, 1.165) is 44.9 Å². The summed E-state index contributed by atoms with van der Waals surface area (Å²) in [5.41, 5.74) is 2.06. The Hall–Kier alpha value is -1.05. The summed E-state index contributed by atoms with van der Waals surface area (Å²) >= 11 is 0. The molecule has 0 aromatic rings. The van der Waals surface area contributed by atoms with Gasteiger partial charge in [0, 0.05) is 21.1 Å². The number of carbonyl (C=O) groups is 1. The molecule has 0 aromatic carbocycles. The van der Waals surface area contributed by atoms with E-state index in [1.165, 1.54) is 96.3 Å². The first-order chi connectivity index (χ1) is 25.1. The molecule has 3 fully saturated rings. The zero-order valence-electron chi connectivity index (χ0n) is 37.3. The highest BCUT2D eigenvalue weighted by atomic mass is 16.6. The number of fused-ring (bicyclic) bond motifs is 5. The summed E-state index contributed by atoms with van der Waals surface area (Å²) in [5, 5.41) is 0. The fourth-order valence-corrected chi connectivity index (χ4v) is 11.1. The molecule has 4 aliphatic rings. The van der Waals surface area contributed by atoms with E-state index in [9.17, 15) is 4.79 Å². The van der Waals surface area contributed by atoms with Gasteiger partial charge in [-0.3, -0.25) is 4.79 Å². The molecular formula is C45H78O2. The summed E-state index contributed by atoms with van der Waals surface area (Å²) in [6.07, 6.45) is 35.2. The molecule has 4 rings (SSSR count). The van der Waals surface area contributed by atoms with Gasteiger partial charge in [0.15, 0.2) is 0 Å². The molecule has 0 unspecified atom stereocenters. The van der Waals surface area contributed by atoms with E-state index in [0.29, 0.717) is 47.8 Å². The normalized spacial score (nSPS) is 35.0. The van der Waals surface area contributed by atoms with E-state index < -0.39 is 19.6 Å². The number of hydrogen-bond acceptors (Lipinski definition) is 2.